The summed E-state index contributed by atoms with van der Waals surface area (Å²) >= 11 is 0. The second kappa shape index (κ2) is 5.54. The molecule has 0 aromatic heterocycles. The van der Waals surface area contributed by atoms with Crippen molar-refractivity contribution >= 4 is 5.91 Å². The van der Waals surface area contributed by atoms with E-state index in [0.29, 0.717) is 19.7 Å². The monoisotopic (exact) mass is 236 g/mol. The fourth-order valence-electron chi connectivity index (χ4n) is 1.61. The third-order valence-corrected chi connectivity index (χ3v) is 2.43. The molecule has 0 saturated heterocycles. The van der Waals surface area contributed by atoms with Crippen molar-refractivity contribution in [1.82, 2.24) is 10.6 Å². The van der Waals surface area contributed by atoms with E-state index in [2.05, 4.69) is 10.6 Å². The number of benzene rings is 1. The number of fused-ring (bicyclic) bond motifs is 1. The number of nitrogens with one attached hydrogen (secondary N) is 2. The number of carbonyl (C=O) groups excluding carboxylic acids is 1. The van der Waals surface area contributed by atoms with Gasteiger partial charge in [-0.25, -0.2) is 0 Å². The Labute approximate surface area is 100 Å². The number of rotatable bonds is 4. The molecule has 2 N–H and O–H groups in total. The zero-order valence-electron chi connectivity index (χ0n) is 9.73. The van der Waals surface area contributed by atoms with Gasteiger partial charge in [-0.1, -0.05) is 12.1 Å². The van der Waals surface area contributed by atoms with Crippen molar-refractivity contribution in [2.24, 2.45) is 0 Å². The number of ether oxygens (including phenoxy) is 2. The Kier molecular flexibility index (Phi) is 3.82. The van der Waals surface area contributed by atoms with Crippen LogP contribution in [-0.2, 0) is 4.79 Å². The van der Waals surface area contributed by atoms with Gasteiger partial charge in [0.1, 0.15) is 12.7 Å². The molecule has 1 aliphatic heterocycles. The van der Waals surface area contributed by atoms with E-state index in [1.54, 1.807) is 7.05 Å². The molecule has 1 heterocycles. The molecule has 1 atom stereocenters. The molecule has 17 heavy (non-hydrogen) atoms. The van der Waals surface area contributed by atoms with Gasteiger partial charge in [0.15, 0.2) is 11.5 Å². The highest BCUT2D eigenvalue weighted by Crippen LogP contribution is 2.30. The Balaban J connectivity index is 1.84. The zero-order valence-corrected chi connectivity index (χ0v) is 9.73. The van der Waals surface area contributed by atoms with Crippen LogP contribution in [0, 0.1) is 0 Å². The van der Waals surface area contributed by atoms with E-state index in [4.69, 9.17) is 9.47 Å². The van der Waals surface area contributed by atoms with Crippen molar-refractivity contribution < 1.29 is 14.3 Å². The lowest BCUT2D eigenvalue weighted by atomic mass is 10.2. The molecule has 1 aliphatic rings. The van der Waals surface area contributed by atoms with Crippen LogP contribution in [-0.4, -0.2) is 38.8 Å². The smallest absolute Gasteiger partial charge is 0.234 e. The Morgan fingerprint density at radius 1 is 1.41 bits per heavy atom. The van der Waals surface area contributed by atoms with Crippen LogP contribution in [0.25, 0.3) is 0 Å². The summed E-state index contributed by atoms with van der Waals surface area (Å²) in [6.07, 6.45) is -0.134. The molecule has 0 spiro atoms. The van der Waals surface area contributed by atoms with Crippen LogP contribution in [0.5, 0.6) is 11.5 Å². The molecule has 2 rings (SSSR count). The highest BCUT2D eigenvalue weighted by atomic mass is 16.6. The van der Waals surface area contributed by atoms with Crippen LogP contribution in [0.2, 0.25) is 0 Å². The highest BCUT2D eigenvalue weighted by Gasteiger charge is 2.20. The molecule has 0 radical (unpaired) electrons. The first-order valence-electron chi connectivity index (χ1n) is 5.59. The standard InChI is InChI=1S/C12H16N2O3/c1-13-7-12(15)14-6-9-8-16-10-4-2-3-5-11(10)17-9/h2-5,9,13H,6-8H2,1H3,(H,14,15). The average molecular weight is 236 g/mol. The van der Waals surface area contributed by atoms with E-state index in [-0.39, 0.29) is 12.0 Å². The molecule has 5 heteroatoms. The maximum Gasteiger partial charge on any atom is 0.234 e. The summed E-state index contributed by atoms with van der Waals surface area (Å²) in [6, 6.07) is 7.52. The zero-order chi connectivity index (χ0) is 12.1. The van der Waals surface area contributed by atoms with Crippen molar-refractivity contribution in [2.75, 3.05) is 26.7 Å². The molecule has 92 valence electrons. The molecule has 0 fully saturated rings. The molecule has 1 amide bonds. The van der Waals surface area contributed by atoms with Gasteiger partial charge in [0.2, 0.25) is 5.91 Å². The van der Waals surface area contributed by atoms with Gasteiger partial charge in [0.05, 0.1) is 13.1 Å². The van der Waals surface area contributed by atoms with Gasteiger partial charge in [-0.15, -0.1) is 0 Å². The summed E-state index contributed by atoms with van der Waals surface area (Å²) in [6.45, 7) is 1.22. The summed E-state index contributed by atoms with van der Waals surface area (Å²) in [7, 11) is 1.73. The van der Waals surface area contributed by atoms with Gasteiger partial charge in [-0.3, -0.25) is 4.79 Å². The van der Waals surface area contributed by atoms with E-state index >= 15 is 0 Å². The normalized spacial score (nSPS) is 17.6. The molecule has 1 aromatic carbocycles. The number of carbonyl (C=O) groups is 1. The Bertz CT molecular complexity index is 395. The quantitative estimate of drug-likeness (QED) is 0.782. The Hall–Kier alpha value is -1.75. The lowest BCUT2D eigenvalue weighted by Gasteiger charge is -2.26. The van der Waals surface area contributed by atoms with Crippen molar-refractivity contribution in [3.63, 3.8) is 0 Å². The van der Waals surface area contributed by atoms with Crippen LogP contribution in [0.4, 0.5) is 0 Å². The molecular formula is C12H16N2O3. The van der Waals surface area contributed by atoms with Gasteiger partial charge in [-0.2, -0.15) is 0 Å². The van der Waals surface area contributed by atoms with Crippen molar-refractivity contribution in [3.05, 3.63) is 24.3 Å². The lowest BCUT2D eigenvalue weighted by Crippen LogP contribution is -2.42. The van der Waals surface area contributed by atoms with Gasteiger partial charge in [-0.05, 0) is 19.2 Å². The highest BCUT2D eigenvalue weighted by molar-refractivity contribution is 5.77. The first-order valence-corrected chi connectivity index (χ1v) is 5.59. The minimum atomic E-state index is -0.134. The second-order valence-electron chi connectivity index (χ2n) is 3.83. The number of amides is 1. The minimum absolute atomic E-state index is 0.0463. The minimum Gasteiger partial charge on any atom is -0.486 e. The van der Waals surface area contributed by atoms with Crippen molar-refractivity contribution in [3.8, 4) is 11.5 Å². The van der Waals surface area contributed by atoms with Gasteiger partial charge in [0, 0.05) is 0 Å². The van der Waals surface area contributed by atoms with E-state index < -0.39 is 0 Å². The predicted octanol–water partition coefficient (Wildman–Crippen LogP) is 0.162. The fraction of sp³-hybridized carbons (Fsp3) is 0.417. The third kappa shape index (κ3) is 3.10. The van der Waals surface area contributed by atoms with Crippen LogP contribution in [0.15, 0.2) is 24.3 Å². The van der Waals surface area contributed by atoms with Gasteiger partial charge < -0.3 is 20.1 Å². The van der Waals surface area contributed by atoms with E-state index in [0.717, 1.165) is 11.5 Å². The van der Waals surface area contributed by atoms with E-state index in [9.17, 15) is 4.79 Å². The summed E-state index contributed by atoms with van der Waals surface area (Å²) < 4.78 is 11.2. The number of hydrogen-bond donors (Lipinski definition) is 2. The van der Waals surface area contributed by atoms with Crippen molar-refractivity contribution in [1.29, 1.82) is 0 Å². The van der Waals surface area contributed by atoms with Gasteiger partial charge >= 0.3 is 0 Å². The van der Waals surface area contributed by atoms with E-state index in [1.807, 2.05) is 24.3 Å². The number of para-hydroxylation sites is 2. The number of hydrogen-bond acceptors (Lipinski definition) is 4. The van der Waals surface area contributed by atoms with Crippen LogP contribution < -0.4 is 20.1 Å². The van der Waals surface area contributed by atoms with Gasteiger partial charge in [0.25, 0.3) is 0 Å². The summed E-state index contributed by atoms with van der Waals surface area (Å²) in [4.78, 5) is 11.3. The topological polar surface area (TPSA) is 59.6 Å². The van der Waals surface area contributed by atoms with Crippen LogP contribution >= 0.6 is 0 Å². The van der Waals surface area contributed by atoms with Crippen LogP contribution in [0.1, 0.15) is 0 Å². The third-order valence-electron chi connectivity index (χ3n) is 2.43. The molecule has 0 bridgehead atoms. The summed E-state index contributed by atoms with van der Waals surface area (Å²) in [5, 5.41) is 5.56. The molecule has 5 nitrogen and oxygen atoms in total. The average Bonchev–Trinajstić information content (AvgIpc) is 2.36. The summed E-state index contributed by atoms with van der Waals surface area (Å²) in [5.74, 6) is 1.44. The maximum atomic E-state index is 11.3. The Morgan fingerprint density at radius 3 is 2.94 bits per heavy atom. The molecule has 1 aromatic rings. The van der Waals surface area contributed by atoms with E-state index in [1.165, 1.54) is 0 Å². The molecule has 0 aliphatic carbocycles. The lowest BCUT2D eigenvalue weighted by molar-refractivity contribution is -0.120. The second-order valence-corrected chi connectivity index (χ2v) is 3.83. The molecular weight excluding hydrogens is 220 g/mol. The predicted molar refractivity (Wildman–Crippen MR) is 63.3 cm³/mol. The largest absolute Gasteiger partial charge is 0.486 e. The van der Waals surface area contributed by atoms with Crippen LogP contribution in [0.3, 0.4) is 0 Å². The summed E-state index contributed by atoms with van der Waals surface area (Å²) in [5.41, 5.74) is 0. The number of likely N-dealkylation sites (N-methyl/N-ethyl adjacent to an activating group) is 1. The first kappa shape index (κ1) is 11.7. The fourth-order valence-corrected chi connectivity index (χ4v) is 1.61. The van der Waals surface area contributed by atoms with Crippen molar-refractivity contribution in [2.45, 2.75) is 6.10 Å². The first-order chi connectivity index (χ1) is 8.29. The molecule has 1 unspecified atom stereocenters. The maximum absolute atomic E-state index is 11.3. The SMILES string of the molecule is CNCC(=O)NCC1COc2ccccc2O1. The molecule has 0 saturated carbocycles. The Morgan fingerprint density at radius 2 is 2.18 bits per heavy atom.